The van der Waals surface area contributed by atoms with Crippen molar-refractivity contribution < 1.29 is 4.79 Å². The van der Waals surface area contributed by atoms with Crippen LogP contribution in [0.2, 0.25) is 0 Å². The van der Waals surface area contributed by atoms with E-state index >= 15 is 0 Å². The molecular formula is C19H27IN6O. The zero-order chi connectivity index (χ0) is 18.2. The van der Waals surface area contributed by atoms with Gasteiger partial charge in [-0.15, -0.1) is 24.0 Å². The van der Waals surface area contributed by atoms with Gasteiger partial charge < -0.3 is 20.1 Å². The maximum absolute atomic E-state index is 12.2. The lowest BCUT2D eigenvalue weighted by atomic mass is 10.2. The fourth-order valence-corrected chi connectivity index (χ4v) is 3.04. The predicted octanol–water partition coefficient (Wildman–Crippen LogP) is 2.17. The molecule has 1 amide bonds. The van der Waals surface area contributed by atoms with Crippen LogP contribution in [0.5, 0.6) is 0 Å². The summed E-state index contributed by atoms with van der Waals surface area (Å²) in [6.45, 7) is 5.28. The van der Waals surface area contributed by atoms with Crippen LogP contribution < -0.4 is 10.6 Å². The first-order valence-corrected chi connectivity index (χ1v) is 9.14. The number of imidazole rings is 1. The predicted molar refractivity (Wildman–Crippen MR) is 118 cm³/mol. The van der Waals surface area contributed by atoms with Crippen LogP contribution in [0.1, 0.15) is 25.3 Å². The van der Waals surface area contributed by atoms with Crippen LogP contribution >= 0.6 is 24.0 Å². The molecule has 0 spiro atoms. The normalized spacial score (nSPS) is 14.0. The SMILES string of the molecule is CCNC(=NCc1ccccc1-n1ccnc1)NCC(=O)N1CCCC1.I. The van der Waals surface area contributed by atoms with E-state index in [9.17, 15) is 4.79 Å². The molecule has 1 saturated heterocycles. The number of hydrogen-bond acceptors (Lipinski definition) is 3. The van der Waals surface area contributed by atoms with E-state index in [0.717, 1.165) is 43.7 Å². The number of hydrogen-bond donors (Lipinski definition) is 2. The van der Waals surface area contributed by atoms with Crippen LogP contribution in [0, 0.1) is 0 Å². The van der Waals surface area contributed by atoms with Crippen molar-refractivity contribution in [2.24, 2.45) is 4.99 Å². The number of benzene rings is 1. The molecule has 0 aliphatic carbocycles. The summed E-state index contributed by atoms with van der Waals surface area (Å²) in [4.78, 5) is 22.9. The largest absolute Gasteiger partial charge is 0.357 e. The summed E-state index contributed by atoms with van der Waals surface area (Å²) >= 11 is 0. The van der Waals surface area contributed by atoms with E-state index in [4.69, 9.17) is 0 Å². The smallest absolute Gasteiger partial charge is 0.241 e. The van der Waals surface area contributed by atoms with Crippen LogP contribution in [0.3, 0.4) is 0 Å². The van der Waals surface area contributed by atoms with Crippen molar-refractivity contribution in [2.45, 2.75) is 26.3 Å². The molecule has 8 heteroatoms. The molecule has 0 bridgehead atoms. The third kappa shape index (κ3) is 5.95. The highest BCUT2D eigenvalue weighted by Gasteiger charge is 2.17. The Labute approximate surface area is 177 Å². The van der Waals surface area contributed by atoms with Crippen LogP contribution in [0.15, 0.2) is 48.0 Å². The molecule has 1 fully saturated rings. The van der Waals surface area contributed by atoms with Crippen LogP contribution in [-0.2, 0) is 11.3 Å². The molecule has 1 aromatic heterocycles. The molecule has 3 rings (SSSR count). The zero-order valence-electron chi connectivity index (χ0n) is 15.6. The maximum atomic E-state index is 12.2. The van der Waals surface area contributed by atoms with Gasteiger partial charge in [0.1, 0.15) is 0 Å². The van der Waals surface area contributed by atoms with Crippen LogP contribution in [0.25, 0.3) is 5.69 Å². The summed E-state index contributed by atoms with van der Waals surface area (Å²) in [7, 11) is 0. The molecule has 1 aliphatic rings. The number of aromatic nitrogens is 2. The number of para-hydroxylation sites is 1. The number of carbonyl (C=O) groups is 1. The molecule has 2 aromatic rings. The van der Waals surface area contributed by atoms with Gasteiger partial charge >= 0.3 is 0 Å². The quantitative estimate of drug-likeness (QED) is 0.376. The van der Waals surface area contributed by atoms with Crippen molar-refractivity contribution in [3.8, 4) is 5.69 Å². The fraction of sp³-hybridized carbons (Fsp3) is 0.421. The average molecular weight is 482 g/mol. The summed E-state index contributed by atoms with van der Waals surface area (Å²) in [5.41, 5.74) is 2.14. The van der Waals surface area contributed by atoms with E-state index in [1.54, 1.807) is 12.5 Å². The minimum Gasteiger partial charge on any atom is -0.357 e. The van der Waals surface area contributed by atoms with Crippen molar-refractivity contribution in [3.63, 3.8) is 0 Å². The lowest BCUT2D eigenvalue weighted by Crippen LogP contribution is -2.44. The Morgan fingerprint density at radius 1 is 1.22 bits per heavy atom. The second-order valence-corrected chi connectivity index (χ2v) is 6.24. The van der Waals surface area contributed by atoms with Gasteiger partial charge in [-0.2, -0.15) is 0 Å². The molecule has 1 aliphatic heterocycles. The van der Waals surface area contributed by atoms with Gasteiger partial charge in [0.15, 0.2) is 5.96 Å². The Hall–Kier alpha value is -2.10. The van der Waals surface area contributed by atoms with Crippen molar-refractivity contribution in [1.29, 1.82) is 0 Å². The van der Waals surface area contributed by atoms with E-state index in [1.165, 1.54) is 0 Å². The van der Waals surface area contributed by atoms with Gasteiger partial charge in [-0.1, -0.05) is 18.2 Å². The second-order valence-electron chi connectivity index (χ2n) is 6.24. The van der Waals surface area contributed by atoms with Gasteiger partial charge in [-0.3, -0.25) is 4.79 Å². The minimum atomic E-state index is 0. The molecule has 2 heterocycles. The van der Waals surface area contributed by atoms with E-state index in [0.29, 0.717) is 12.5 Å². The van der Waals surface area contributed by atoms with Crippen molar-refractivity contribution in [2.75, 3.05) is 26.2 Å². The number of nitrogens with zero attached hydrogens (tertiary/aromatic N) is 4. The number of rotatable bonds is 6. The first-order valence-electron chi connectivity index (χ1n) is 9.14. The first kappa shape index (κ1) is 21.2. The van der Waals surface area contributed by atoms with E-state index in [2.05, 4.69) is 26.7 Å². The van der Waals surface area contributed by atoms with Crippen molar-refractivity contribution in [3.05, 3.63) is 48.5 Å². The molecule has 1 aromatic carbocycles. The summed E-state index contributed by atoms with van der Waals surface area (Å²) in [6, 6.07) is 8.10. The Balaban J connectivity index is 0.00000261. The van der Waals surface area contributed by atoms with Gasteiger partial charge in [-0.05, 0) is 31.4 Å². The van der Waals surface area contributed by atoms with Gasteiger partial charge in [0.2, 0.25) is 5.91 Å². The van der Waals surface area contributed by atoms with Crippen molar-refractivity contribution in [1.82, 2.24) is 25.1 Å². The number of likely N-dealkylation sites (tertiary alicyclic amines) is 1. The molecule has 0 atom stereocenters. The third-order valence-electron chi connectivity index (χ3n) is 4.39. The second kappa shape index (κ2) is 10.9. The molecule has 0 saturated carbocycles. The Bertz CT molecular complexity index is 740. The summed E-state index contributed by atoms with van der Waals surface area (Å²) in [5.74, 6) is 0.785. The molecular weight excluding hydrogens is 455 g/mol. The molecule has 7 nitrogen and oxygen atoms in total. The maximum Gasteiger partial charge on any atom is 0.241 e. The third-order valence-corrected chi connectivity index (χ3v) is 4.39. The van der Waals surface area contributed by atoms with Crippen LogP contribution in [-0.4, -0.2) is 52.5 Å². The Kier molecular flexibility index (Phi) is 8.56. The zero-order valence-corrected chi connectivity index (χ0v) is 17.9. The molecule has 0 radical (unpaired) electrons. The van der Waals surface area contributed by atoms with Gasteiger partial charge in [0, 0.05) is 32.0 Å². The number of guanidine groups is 1. The summed E-state index contributed by atoms with van der Waals surface area (Å²) in [6.07, 6.45) is 7.66. The lowest BCUT2D eigenvalue weighted by molar-refractivity contribution is -0.128. The monoisotopic (exact) mass is 482 g/mol. The summed E-state index contributed by atoms with van der Waals surface area (Å²) < 4.78 is 1.97. The Morgan fingerprint density at radius 3 is 2.70 bits per heavy atom. The number of halogens is 1. The molecule has 0 unspecified atom stereocenters. The molecule has 2 N–H and O–H groups in total. The fourth-order valence-electron chi connectivity index (χ4n) is 3.04. The highest BCUT2D eigenvalue weighted by atomic mass is 127. The van der Waals surface area contributed by atoms with Crippen molar-refractivity contribution >= 4 is 35.8 Å². The highest BCUT2D eigenvalue weighted by Crippen LogP contribution is 2.15. The molecule has 27 heavy (non-hydrogen) atoms. The number of amides is 1. The van der Waals surface area contributed by atoms with Gasteiger partial charge in [-0.25, -0.2) is 9.98 Å². The first-order chi connectivity index (χ1) is 12.8. The highest BCUT2D eigenvalue weighted by molar-refractivity contribution is 14.0. The van der Waals surface area contributed by atoms with E-state index in [-0.39, 0.29) is 36.4 Å². The summed E-state index contributed by atoms with van der Waals surface area (Å²) in [5, 5.41) is 6.35. The van der Waals surface area contributed by atoms with E-state index in [1.807, 2.05) is 40.8 Å². The van der Waals surface area contributed by atoms with Gasteiger partial charge in [0.05, 0.1) is 25.1 Å². The lowest BCUT2D eigenvalue weighted by Gasteiger charge is -2.17. The minimum absolute atomic E-state index is 0. The molecule has 146 valence electrons. The van der Waals surface area contributed by atoms with Gasteiger partial charge in [0.25, 0.3) is 0 Å². The Morgan fingerprint density at radius 2 is 2.00 bits per heavy atom. The standard InChI is InChI=1S/C19H26N6O.HI/c1-2-21-19(23-14-18(26)24-10-5-6-11-24)22-13-16-7-3-4-8-17(16)25-12-9-20-15-25;/h3-4,7-9,12,15H,2,5-6,10-11,13-14H2,1H3,(H2,21,22,23);1H. The average Bonchev–Trinajstić information content (AvgIpc) is 3.38. The van der Waals surface area contributed by atoms with E-state index < -0.39 is 0 Å². The number of nitrogens with one attached hydrogen (secondary N) is 2. The number of carbonyl (C=O) groups excluding carboxylic acids is 1. The topological polar surface area (TPSA) is 74.5 Å². The number of aliphatic imine (C=N–C) groups is 1. The van der Waals surface area contributed by atoms with Crippen LogP contribution in [0.4, 0.5) is 0 Å².